The molecule has 0 radical (unpaired) electrons. The van der Waals surface area contributed by atoms with Crippen LogP contribution in [0, 0.1) is 0 Å². The molecule has 1 fully saturated rings. The summed E-state index contributed by atoms with van der Waals surface area (Å²) >= 11 is 0. The van der Waals surface area contributed by atoms with Crippen molar-refractivity contribution in [3.8, 4) is 0 Å². The topological polar surface area (TPSA) is 79.6 Å². The van der Waals surface area contributed by atoms with Gasteiger partial charge in [-0.05, 0) is 25.0 Å². The standard InChI is InChI=1S/C14H22N2O4S/c1-21(18,19)16(12-6-3-2-4-7-12)11-14(17)15-10-13-8-5-9-20-13/h5,8-9,12H,2-4,6-7,10-11H2,1H3,(H,15,17). The summed E-state index contributed by atoms with van der Waals surface area (Å²) in [4.78, 5) is 12.0. The van der Waals surface area contributed by atoms with Crippen LogP contribution in [-0.2, 0) is 21.4 Å². The van der Waals surface area contributed by atoms with Crippen LogP contribution < -0.4 is 5.32 Å². The number of sulfonamides is 1. The maximum atomic E-state index is 12.0. The van der Waals surface area contributed by atoms with Gasteiger partial charge in [-0.15, -0.1) is 0 Å². The largest absolute Gasteiger partial charge is 0.467 e. The lowest BCUT2D eigenvalue weighted by Crippen LogP contribution is -2.46. The van der Waals surface area contributed by atoms with Gasteiger partial charge in [-0.1, -0.05) is 19.3 Å². The molecule has 7 heteroatoms. The molecule has 1 heterocycles. The number of carbonyl (C=O) groups is 1. The van der Waals surface area contributed by atoms with Crippen molar-refractivity contribution in [2.75, 3.05) is 12.8 Å². The molecule has 0 aliphatic heterocycles. The highest BCUT2D eigenvalue weighted by molar-refractivity contribution is 7.88. The molecule has 21 heavy (non-hydrogen) atoms. The fourth-order valence-corrected chi connectivity index (χ4v) is 3.79. The molecule has 2 rings (SSSR count). The first-order valence-electron chi connectivity index (χ1n) is 7.23. The summed E-state index contributed by atoms with van der Waals surface area (Å²) in [5.74, 6) is 0.342. The van der Waals surface area contributed by atoms with Gasteiger partial charge in [-0.25, -0.2) is 8.42 Å². The van der Waals surface area contributed by atoms with E-state index in [1.165, 1.54) is 16.8 Å². The predicted molar refractivity (Wildman–Crippen MR) is 79.0 cm³/mol. The van der Waals surface area contributed by atoms with Crippen LogP contribution in [0.5, 0.6) is 0 Å². The Morgan fingerprint density at radius 3 is 2.67 bits per heavy atom. The number of amides is 1. The van der Waals surface area contributed by atoms with Crippen molar-refractivity contribution in [3.05, 3.63) is 24.2 Å². The van der Waals surface area contributed by atoms with Gasteiger partial charge < -0.3 is 9.73 Å². The minimum absolute atomic E-state index is 0.0527. The Balaban J connectivity index is 1.93. The van der Waals surface area contributed by atoms with Crippen molar-refractivity contribution < 1.29 is 17.6 Å². The van der Waals surface area contributed by atoms with Gasteiger partial charge in [0.1, 0.15) is 5.76 Å². The second-order valence-electron chi connectivity index (χ2n) is 5.46. The molecule has 0 unspecified atom stereocenters. The predicted octanol–water partition coefficient (Wildman–Crippen LogP) is 1.49. The highest BCUT2D eigenvalue weighted by Gasteiger charge is 2.29. The van der Waals surface area contributed by atoms with Gasteiger partial charge in [-0.3, -0.25) is 4.79 Å². The summed E-state index contributed by atoms with van der Waals surface area (Å²) in [5.41, 5.74) is 0. The minimum atomic E-state index is -3.38. The zero-order valence-electron chi connectivity index (χ0n) is 12.2. The monoisotopic (exact) mass is 314 g/mol. The fraction of sp³-hybridized carbons (Fsp3) is 0.643. The van der Waals surface area contributed by atoms with E-state index in [2.05, 4.69) is 5.32 Å². The van der Waals surface area contributed by atoms with Crippen molar-refractivity contribution in [1.82, 2.24) is 9.62 Å². The van der Waals surface area contributed by atoms with Gasteiger partial charge in [0, 0.05) is 6.04 Å². The molecular weight excluding hydrogens is 292 g/mol. The fourth-order valence-electron chi connectivity index (χ4n) is 2.68. The van der Waals surface area contributed by atoms with Gasteiger partial charge in [-0.2, -0.15) is 4.31 Å². The van der Waals surface area contributed by atoms with Crippen LogP contribution in [0.15, 0.2) is 22.8 Å². The van der Waals surface area contributed by atoms with Gasteiger partial charge in [0.2, 0.25) is 15.9 Å². The molecule has 118 valence electrons. The molecule has 6 nitrogen and oxygen atoms in total. The summed E-state index contributed by atoms with van der Waals surface area (Å²) in [7, 11) is -3.38. The van der Waals surface area contributed by atoms with E-state index in [1.54, 1.807) is 12.1 Å². The summed E-state index contributed by atoms with van der Waals surface area (Å²) in [6, 6.07) is 3.45. The Bertz CT molecular complexity index is 548. The van der Waals surface area contributed by atoms with Crippen molar-refractivity contribution >= 4 is 15.9 Å². The van der Waals surface area contributed by atoms with Crippen LogP contribution in [0.4, 0.5) is 0 Å². The molecule has 1 saturated carbocycles. The Morgan fingerprint density at radius 2 is 2.10 bits per heavy atom. The highest BCUT2D eigenvalue weighted by Crippen LogP contribution is 2.24. The number of furan rings is 1. The molecule has 0 spiro atoms. The highest BCUT2D eigenvalue weighted by atomic mass is 32.2. The Labute approximate surface area is 125 Å². The SMILES string of the molecule is CS(=O)(=O)N(CC(=O)NCc1ccco1)C1CCCCC1. The summed E-state index contributed by atoms with van der Waals surface area (Å²) in [6.45, 7) is 0.151. The van der Waals surface area contributed by atoms with Crippen LogP contribution in [-0.4, -0.2) is 37.5 Å². The second-order valence-corrected chi connectivity index (χ2v) is 7.39. The lowest BCUT2D eigenvalue weighted by atomic mass is 9.95. The summed E-state index contributed by atoms with van der Waals surface area (Å²) in [6.07, 6.45) is 7.54. The van der Waals surface area contributed by atoms with Gasteiger partial charge in [0.05, 0.1) is 25.6 Å². The van der Waals surface area contributed by atoms with Crippen molar-refractivity contribution in [2.45, 2.75) is 44.7 Å². The number of rotatable bonds is 6. The summed E-state index contributed by atoms with van der Waals surface area (Å²) in [5, 5.41) is 2.69. The average Bonchev–Trinajstić information content (AvgIpc) is 2.95. The van der Waals surface area contributed by atoms with Crippen LogP contribution in [0.2, 0.25) is 0 Å². The molecule has 1 aliphatic carbocycles. The normalized spacial score (nSPS) is 17.0. The van der Waals surface area contributed by atoms with Gasteiger partial charge in [0.25, 0.3) is 0 Å². The van der Waals surface area contributed by atoms with Crippen LogP contribution in [0.1, 0.15) is 37.9 Å². The van der Waals surface area contributed by atoms with E-state index in [9.17, 15) is 13.2 Å². The zero-order valence-corrected chi connectivity index (χ0v) is 13.1. The third-order valence-electron chi connectivity index (χ3n) is 3.75. The molecule has 1 aromatic heterocycles. The lowest BCUT2D eigenvalue weighted by Gasteiger charge is -2.31. The summed E-state index contributed by atoms with van der Waals surface area (Å²) < 4.78 is 30.3. The first kappa shape index (κ1) is 16.0. The van der Waals surface area contributed by atoms with E-state index < -0.39 is 10.0 Å². The van der Waals surface area contributed by atoms with Crippen LogP contribution >= 0.6 is 0 Å². The second kappa shape index (κ2) is 7.09. The van der Waals surface area contributed by atoms with Crippen molar-refractivity contribution in [1.29, 1.82) is 0 Å². The molecule has 0 aromatic carbocycles. The van der Waals surface area contributed by atoms with Crippen molar-refractivity contribution in [3.63, 3.8) is 0 Å². The Kier molecular flexibility index (Phi) is 5.41. The molecule has 1 aromatic rings. The molecule has 0 atom stereocenters. The number of carbonyl (C=O) groups excluding carboxylic acids is 1. The number of nitrogens with one attached hydrogen (secondary N) is 1. The molecule has 0 saturated heterocycles. The van der Waals surface area contributed by atoms with Gasteiger partial charge in [0.15, 0.2) is 0 Å². The van der Waals surface area contributed by atoms with E-state index in [1.807, 2.05) is 0 Å². The first-order chi connectivity index (χ1) is 9.97. The maximum Gasteiger partial charge on any atom is 0.235 e. The molecule has 0 bridgehead atoms. The average molecular weight is 314 g/mol. The van der Waals surface area contributed by atoms with E-state index in [0.29, 0.717) is 5.76 Å². The van der Waals surface area contributed by atoms with Gasteiger partial charge >= 0.3 is 0 Å². The van der Waals surface area contributed by atoms with E-state index in [-0.39, 0.29) is 25.0 Å². The smallest absolute Gasteiger partial charge is 0.235 e. The van der Waals surface area contributed by atoms with E-state index in [0.717, 1.165) is 32.1 Å². The lowest BCUT2D eigenvalue weighted by molar-refractivity contribution is -0.122. The van der Waals surface area contributed by atoms with Crippen LogP contribution in [0.3, 0.4) is 0 Å². The third-order valence-corrected chi connectivity index (χ3v) is 5.03. The minimum Gasteiger partial charge on any atom is -0.467 e. The Hall–Kier alpha value is -1.34. The molecule has 1 N–H and O–H groups in total. The zero-order chi connectivity index (χ0) is 15.3. The van der Waals surface area contributed by atoms with E-state index >= 15 is 0 Å². The number of hydrogen-bond acceptors (Lipinski definition) is 4. The molecule has 1 aliphatic rings. The third kappa shape index (κ3) is 4.86. The number of nitrogens with zero attached hydrogens (tertiary/aromatic N) is 1. The molecule has 1 amide bonds. The number of hydrogen-bond donors (Lipinski definition) is 1. The quantitative estimate of drug-likeness (QED) is 0.863. The van der Waals surface area contributed by atoms with E-state index in [4.69, 9.17) is 4.42 Å². The molecular formula is C14H22N2O4S. The first-order valence-corrected chi connectivity index (χ1v) is 9.07. The maximum absolute atomic E-state index is 12.0. The Morgan fingerprint density at radius 1 is 1.38 bits per heavy atom. The van der Waals surface area contributed by atoms with Crippen molar-refractivity contribution in [2.24, 2.45) is 0 Å². The van der Waals surface area contributed by atoms with Crippen LogP contribution in [0.25, 0.3) is 0 Å².